The Morgan fingerprint density at radius 3 is 2.77 bits per heavy atom. The first-order valence-electron chi connectivity index (χ1n) is 7.38. The van der Waals surface area contributed by atoms with Gasteiger partial charge < -0.3 is 15.0 Å². The summed E-state index contributed by atoms with van der Waals surface area (Å²) >= 11 is 0. The van der Waals surface area contributed by atoms with Crippen LogP contribution in [0.15, 0.2) is 18.3 Å². The lowest BCUT2D eigenvalue weighted by Gasteiger charge is -2.39. The molecule has 2 aromatic rings. The van der Waals surface area contributed by atoms with E-state index in [9.17, 15) is 4.79 Å². The Kier molecular flexibility index (Phi) is 3.42. The highest BCUT2D eigenvalue weighted by Gasteiger charge is 2.34. The van der Waals surface area contributed by atoms with Crippen LogP contribution in [0, 0.1) is 6.92 Å². The van der Waals surface area contributed by atoms with E-state index in [0.717, 1.165) is 11.2 Å². The molecule has 0 unspecified atom stereocenters. The summed E-state index contributed by atoms with van der Waals surface area (Å²) in [6.07, 6.45) is 1.65. The highest BCUT2D eigenvalue weighted by atomic mass is 16.6. The minimum atomic E-state index is -0.462. The summed E-state index contributed by atoms with van der Waals surface area (Å²) in [5.74, 6) is 0.701. The van der Waals surface area contributed by atoms with Crippen molar-refractivity contribution in [2.24, 2.45) is 0 Å². The zero-order chi connectivity index (χ0) is 15.9. The fraction of sp³-hybridized carbons (Fsp3) is 0.533. The third-order valence-electron chi connectivity index (χ3n) is 3.50. The number of hydrogen-bond donors (Lipinski definition) is 1. The van der Waals surface area contributed by atoms with E-state index in [1.54, 1.807) is 4.90 Å². The molecule has 0 radical (unpaired) electrons. The van der Waals surface area contributed by atoms with Gasteiger partial charge in [-0.2, -0.15) is 0 Å². The SMILES string of the molecule is Cc1cccn2c(NC3CN(C(=O)OC(C)(C)C)C3)nnc12. The highest BCUT2D eigenvalue weighted by Crippen LogP contribution is 2.19. The first kappa shape index (κ1) is 14.6. The van der Waals surface area contributed by atoms with Crippen LogP contribution in [-0.4, -0.2) is 50.3 Å². The number of likely N-dealkylation sites (tertiary alicyclic amines) is 1. The molecule has 0 saturated carbocycles. The molecule has 3 heterocycles. The molecule has 2 aromatic heterocycles. The molecule has 0 spiro atoms. The van der Waals surface area contributed by atoms with E-state index in [1.807, 2.05) is 50.4 Å². The molecule has 7 heteroatoms. The van der Waals surface area contributed by atoms with E-state index in [2.05, 4.69) is 15.5 Å². The predicted molar refractivity (Wildman–Crippen MR) is 82.9 cm³/mol. The summed E-state index contributed by atoms with van der Waals surface area (Å²) in [6.45, 7) is 8.81. The topological polar surface area (TPSA) is 71.8 Å². The van der Waals surface area contributed by atoms with Crippen molar-refractivity contribution in [2.75, 3.05) is 18.4 Å². The second-order valence-electron chi connectivity index (χ2n) is 6.64. The first-order chi connectivity index (χ1) is 10.3. The first-order valence-corrected chi connectivity index (χ1v) is 7.38. The number of aromatic nitrogens is 3. The van der Waals surface area contributed by atoms with E-state index in [4.69, 9.17) is 4.74 Å². The number of anilines is 1. The number of carbonyl (C=O) groups excluding carboxylic acids is 1. The quantitative estimate of drug-likeness (QED) is 0.919. The lowest BCUT2D eigenvalue weighted by atomic mass is 10.1. The number of carbonyl (C=O) groups is 1. The smallest absolute Gasteiger partial charge is 0.410 e. The Bertz CT molecular complexity index is 698. The molecule has 1 N–H and O–H groups in total. The van der Waals surface area contributed by atoms with Crippen LogP contribution in [0.1, 0.15) is 26.3 Å². The number of pyridine rings is 1. The van der Waals surface area contributed by atoms with Gasteiger partial charge in [-0.3, -0.25) is 4.40 Å². The van der Waals surface area contributed by atoms with Crippen LogP contribution in [0.4, 0.5) is 10.7 Å². The average Bonchev–Trinajstić information content (AvgIpc) is 2.75. The molecule has 0 atom stereocenters. The van der Waals surface area contributed by atoms with Crippen molar-refractivity contribution >= 4 is 17.7 Å². The molecule has 0 bridgehead atoms. The monoisotopic (exact) mass is 303 g/mol. The molecule has 1 aliphatic heterocycles. The maximum Gasteiger partial charge on any atom is 0.410 e. The van der Waals surface area contributed by atoms with E-state index in [1.165, 1.54) is 0 Å². The van der Waals surface area contributed by atoms with Gasteiger partial charge >= 0.3 is 6.09 Å². The van der Waals surface area contributed by atoms with Gasteiger partial charge in [0.25, 0.3) is 0 Å². The molecule has 1 fully saturated rings. The maximum atomic E-state index is 11.9. The average molecular weight is 303 g/mol. The minimum absolute atomic E-state index is 0.167. The Labute approximate surface area is 129 Å². The van der Waals surface area contributed by atoms with E-state index < -0.39 is 5.60 Å². The molecular formula is C15H21N5O2. The standard InChI is InChI=1S/C15H21N5O2/c1-10-6-5-7-20-12(10)17-18-13(20)16-11-8-19(9-11)14(21)22-15(2,3)4/h5-7,11H,8-9H2,1-4H3,(H,16,18). The number of amides is 1. The highest BCUT2D eigenvalue weighted by molar-refractivity contribution is 5.69. The molecular weight excluding hydrogens is 282 g/mol. The van der Waals surface area contributed by atoms with Crippen molar-refractivity contribution < 1.29 is 9.53 Å². The third-order valence-corrected chi connectivity index (χ3v) is 3.50. The molecule has 0 aromatic carbocycles. The normalized spacial score (nSPS) is 15.7. The van der Waals surface area contributed by atoms with Crippen LogP contribution in [0.5, 0.6) is 0 Å². The number of hydrogen-bond acceptors (Lipinski definition) is 5. The van der Waals surface area contributed by atoms with Crippen molar-refractivity contribution in [1.82, 2.24) is 19.5 Å². The number of fused-ring (bicyclic) bond motifs is 1. The minimum Gasteiger partial charge on any atom is -0.444 e. The number of nitrogens with one attached hydrogen (secondary N) is 1. The maximum absolute atomic E-state index is 11.9. The molecule has 1 aliphatic rings. The molecule has 1 amide bonds. The van der Waals surface area contributed by atoms with Gasteiger partial charge in [0.05, 0.1) is 6.04 Å². The van der Waals surface area contributed by atoms with Crippen LogP contribution < -0.4 is 5.32 Å². The fourth-order valence-electron chi connectivity index (χ4n) is 2.38. The summed E-state index contributed by atoms with van der Waals surface area (Å²) in [6, 6.07) is 4.13. The number of rotatable bonds is 2. The molecule has 7 nitrogen and oxygen atoms in total. The van der Waals surface area contributed by atoms with Crippen LogP contribution >= 0.6 is 0 Å². The molecule has 0 aliphatic carbocycles. The van der Waals surface area contributed by atoms with Gasteiger partial charge in [0.15, 0.2) is 5.65 Å². The molecule has 22 heavy (non-hydrogen) atoms. The zero-order valence-corrected chi connectivity index (χ0v) is 13.3. The van der Waals surface area contributed by atoms with Crippen LogP contribution in [-0.2, 0) is 4.74 Å². The largest absolute Gasteiger partial charge is 0.444 e. The van der Waals surface area contributed by atoms with E-state index >= 15 is 0 Å². The summed E-state index contributed by atoms with van der Waals surface area (Å²) in [7, 11) is 0. The zero-order valence-electron chi connectivity index (χ0n) is 13.3. The number of ether oxygens (including phenoxy) is 1. The van der Waals surface area contributed by atoms with Gasteiger partial charge in [-0.15, -0.1) is 10.2 Å². The predicted octanol–water partition coefficient (Wildman–Crippen LogP) is 2.07. The Morgan fingerprint density at radius 2 is 2.09 bits per heavy atom. The Balaban J connectivity index is 1.60. The Morgan fingerprint density at radius 1 is 1.36 bits per heavy atom. The van der Waals surface area contributed by atoms with Crippen molar-refractivity contribution in [3.05, 3.63) is 23.9 Å². The van der Waals surface area contributed by atoms with Gasteiger partial charge in [-0.25, -0.2) is 4.79 Å². The van der Waals surface area contributed by atoms with Gasteiger partial charge in [0.2, 0.25) is 5.95 Å². The second-order valence-corrected chi connectivity index (χ2v) is 6.64. The van der Waals surface area contributed by atoms with Gasteiger partial charge in [0.1, 0.15) is 5.60 Å². The lowest BCUT2D eigenvalue weighted by Crippen LogP contribution is -2.58. The summed E-state index contributed by atoms with van der Waals surface area (Å²) < 4.78 is 7.26. The van der Waals surface area contributed by atoms with Crippen LogP contribution in [0.25, 0.3) is 5.65 Å². The van der Waals surface area contributed by atoms with Gasteiger partial charge in [0, 0.05) is 19.3 Å². The number of aryl methyl sites for hydroxylation is 1. The van der Waals surface area contributed by atoms with Crippen molar-refractivity contribution in [3.8, 4) is 0 Å². The Hall–Kier alpha value is -2.31. The van der Waals surface area contributed by atoms with Crippen molar-refractivity contribution in [1.29, 1.82) is 0 Å². The van der Waals surface area contributed by atoms with Crippen LogP contribution in [0.3, 0.4) is 0 Å². The summed E-state index contributed by atoms with van der Waals surface area (Å²) in [4.78, 5) is 13.6. The van der Waals surface area contributed by atoms with Crippen molar-refractivity contribution in [2.45, 2.75) is 39.3 Å². The fourth-order valence-corrected chi connectivity index (χ4v) is 2.38. The van der Waals surface area contributed by atoms with Crippen molar-refractivity contribution in [3.63, 3.8) is 0 Å². The molecule has 118 valence electrons. The summed E-state index contributed by atoms with van der Waals surface area (Å²) in [5, 5.41) is 11.7. The third kappa shape index (κ3) is 2.84. The van der Waals surface area contributed by atoms with E-state index in [-0.39, 0.29) is 12.1 Å². The molecule has 1 saturated heterocycles. The second kappa shape index (κ2) is 5.15. The van der Waals surface area contributed by atoms with Gasteiger partial charge in [-0.05, 0) is 39.3 Å². The lowest BCUT2D eigenvalue weighted by molar-refractivity contribution is 0.0104. The van der Waals surface area contributed by atoms with Crippen LogP contribution in [0.2, 0.25) is 0 Å². The van der Waals surface area contributed by atoms with E-state index in [0.29, 0.717) is 19.0 Å². The molecule has 3 rings (SSSR count). The summed E-state index contributed by atoms with van der Waals surface area (Å²) in [5.41, 5.74) is 1.46. The van der Waals surface area contributed by atoms with Gasteiger partial charge in [-0.1, -0.05) is 6.07 Å². The number of nitrogens with zero attached hydrogens (tertiary/aromatic N) is 4.